The van der Waals surface area contributed by atoms with Crippen LogP contribution in [0.25, 0.3) is 10.9 Å². The number of fused-ring (bicyclic) bond motifs is 1. The Morgan fingerprint density at radius 3 is 2.60 bits per heavy atom. The summed E-state index contributed by atoms with van der Waals surface area (Å²) in [7, 11) is 0. The zero-order valence-corrected chi connectivity index (χ0v) is 16.2. The molecule has 30 heavy (non-hydrogen) atoms. The van der Waals surface area contributed by atoms with E-state index in [1.54, 1.807) is 43.3 Å². The number of nitrogens with zero attached hydrogens (tertiary/aromatic N) is 3. The van der Waals surface area contributed by atoms with Gasteiger partial charge in [-0.25, -0.2) is 14.3 Å². The first kappa shape index (κ1) is 19.3. The maximum absolute atomic E-state index is 12.8. The molecule has 0 aliphatic carbocycles. The third-order valence-electron chi connectivity index (χ3n) is 4.72. The van der Waals surface area contributed by atoms with E-state index in [4.69, 9.17) is 4.74 Å². The van der Waals surface area contributed by atoms with Gasteiger partial charge in [-0.15, -0.1) is 5.10 Å². The number of aromatic nitrogens is 3. The predicted molar refractivity (Wildman–Crippen MR) is 108 cm³/mol. The first-order chi connectivity index (χ1) is 14.6. The molecule has 0 saturated carbocycles. The minimum atomic E-state index is -0.724. The lowest BCUT2D eigenvalue weighted by Crippen LogP contribution is -2.47. The van der Waals surface area contributed by atoms with E-state index in [1.165, 1.54) is 0 Å². The topological polar surface area (TPSA) is 115 Å². The molecule has 2 N–H and O–H groups in total. The van der Waals surface area contributed by atoms with Gasteiger partial charge in [0.1, 0.15) is 5.52 Å². The lowest BCUT2D eigenvalue weighted by molar-refractivity contribution is -0.139. The lowest BCUT2D eigenvalue weighted by Gasteiger charge is -2.29. The molecule has 1 unspecified atom stereocenters. The van der Waals surface area contributed by atoms with Crippen LogP contribution >= 0.6 is 0 Å². The van der Waals surface area contributed by atoms with Crippen molar-refractivity contribution in [2.45, 2.75) is 19.5 Å². The van der Waals surface area contributed by atoms with Crippen LogP contribution in [0.1, 0.15) is 18.5 Å². The first-order valence-electron chi connectivity index (χ1n) is 9.43. The normalized spacial score (nSPS) is 16.2. The summed E-state index contributed by atoms with van der Waals surface area (Å²) in [5.74, 6) is -0.587. The molecule has 1 aliphatic heterocycles. The number of rotatable bonds is 5. The number of carbonyl (C=O) groups excluding carboxylic acids is 2. The molecule has 0 spiro atoms. The van der Waals surface area contributed by atoms with Gasteiger partial charge in [0, 0.05) is 0 Å². The number of ether oxygens (including phenoxy) is 1. The molecule has 2 heterocycles. The minimum Gasteiger partial charge on any atom is -0.463 e. The molecule has 4 rings (SSSR count). The van der Waals surface area contributed by atoms with Crippen LogP contribution in [0.5, 0.6) is 0 Å². The summed E-state index contributed by atoms with van der Waals surface area (Å²) in [5, 5.41) is 13.8. The third kappa shape index (κ3) is 3.64. The zero-order valence-electron chi connectivity index (χ0n) is 16.2. The quantitative estimate of drug-likeness (QED) is 0.624. The molecule has 1 atom stereocenters. The molecule has 0 fully saturated rings. The highest BCUT2D eigenvalue weighted by molar-refractivity contribution is 5.95. The fourth-order valence-electron chi connectivity index (χ4n) is 3.36. The van der Waals surface area contributed by atoms with Crippen LogP contribution in [0, 0.1) is 0 Å². The van der Waals surface area contributed by atoms with Crippen LogP contribution < -0.4 is 16.2 Å². The van der Waals surface area contributed by atoms with E-state index in [1.807, 2.05) is 18.2 Å². The smallest absolute Gasteiger partial charge is 0.338 e. The lowest BCUT2D eigenvalue weighted by atomic mass is 9.95. The highest BCUT2D eigenvalue weighted by Gasteiger charge is 2.34. The van der Waals surface area contributed by atoms with Crippen molar-refractivity contribution < 1.29 is 14.3 Å². The maximum atomic E-state index is 12.8. The molecule has 152 valence electrons. The van der Waals surface area contributed by atoms with Gasteiger partial charge >= 0.3 is 12.0 Å². The van der Waals surface area contributed by atoms with E-state index in [0.717, 1.165) is 4.68 Å². The number of carbonyl (C=O) groups is 2. The summed E-state index contributed by atoms with van der Waals surface area (Å²) in [6.45, 7) is 1.73. The van der Waals surface area contributed by atoms with Crippen LogP contribution in [0.4, 0.5) is 4.79 Å². The molecule has 1 aromatic heterocycles. The fourth-order valence-corrected chi connectivity index (χ4v) is 3.36. The molecule has 0 bridgehead atoms. The van der Waals surface area contributed by atoms with Crippen molar-refractivity contribution in [2.24, 2.45) is 0 Å². The van der Waals surface area contributed by atoms with E-state index in [2.05, 4.69) is 20.9 Å². The number of hydrogen-bond acceptors (Lipinski definition) is 6. The Bertz CT molecular complexity index is 1200. The predicted octanol–water partition coefficient (Wildman–Crippen LogP) is 1.66. The fraction of sp³-hybridized carbons (Fsp3) is 0.190. The molecular formula is C21H19N5O4. The SMILES string of the molecule is CCOC(=O)C1=C(Cn2nnc3ccccc3c2=O)NC(=O)NC1c1ccccc1. The van der Waals surface area contributed by atoms with Crippen molar-refractivity contribution >= 4 is 22.9 Å². The second kappa shape index (κ2) is 8.16. The van der Waals surface area contributed by atoms with E-state index in [-0.39, 0.29) is 30.0 Å². The highest BCUT2D eigenvalue weighted by Crippen LogP contribution is 2.28. The Balaban J connectivity index is 1.83. The Hall–Kier alpha value is -4.01. The van der Waals surface area contributed by atoms with Gasteiger partial charge in [0.2, 0.25) is 0 Å². The third-order valence-corrected chi connectivity index (χ3v) is 4.72. The number of urea groups is 1. The Labute approximate surface area is 171 Å². The van der Waals surface area contributed by atoms with E-state index in [9.17, 15) is 14.4 Å². The number of hydrogen-bond donors (Lipinski definition) is 2. The second-order valence-electron chi connectivity index (χ2n) is 6.62. The Kier molecular flexibility index (Phi) is 5.25. The van der Waals surface area contributed by atoms with Crippen LogP contribution in [-0.2, 0) is 16.1 Å². The standard InChI is InChI=1S/C21H19N5O4/c1-2-30-20(28)17-16(22-21(29)23-18(17)13-8-4-3-5-9-13)12-26-19(27)14-10-6-7-11-15(14)24-25-26/h3-11,18H,2,12H2,1H3,(H2,22,23,29). The Morgan fingerprint density at radius 1 is 1.10 bits per heavy atom. The number of allylic oxidation sites excluding steroid dienone is 1. The average molecular weight is 405 g/mol. The number of benzene rings is 2. The second-order valence-corrected chi connectivity index (χ2v) is 6.62. The molecule has 3 aromatic rings. The zero-order chi connectivity index (χ0) is 21.1. The van der Waals surface area contributed by atoms with Crippen LogP contribution in [-0.4, -0.2) is 33.6 Å². The van der Waals surface area contributed by atoms with Crippen molar-refractivity contribution in [2.75, 3.05) is 6.61 Å². The van der Waals surface area contributed by atoms with E-state index in [0.29, 0.717) is 16.5 Å². The van der Waals surface area contributed by atoms with Gasteiger partial charge in [0.05, 0.1) is 35.8 Å². The van der Waals surface area contributed by atoms with Gasteiger partial charge in [-0.1, -0.05) is 47.7 Å². The van der Waals surface area contributed by atoms with Crippen LogP contribution in [0.3, 0.4) is 0 Å². The molecule has 0 radical (unpaired) electrons. The largest absolute Gasteiger partial charge is 0.463 e. The number of nitrogens with one attached hydrogen (secondary N) is 2. The van der Waals surface area contributed by atoms with Gasteiger partial charge in [0.15, 0.2) is 0 Å². The summed E-state index contributed by atoms with van der Waals surface area (Å²) >= 11 is 0. The summed E-state index contributed by atoms with van der Waals surface area (Å²) in [5.41, 5.74) is 1.25. The molecule has 9 heteroatoms. The molecule has 2 aromatic carbocycles. The summed E-state index contributed by atoms with van der Waals surface area (Å²) in [6, 6.07) is 14.7. The summed E-state index contributed by atoms with van der Waals surface area (Å²) in [4.78, 5) is 38.0. The minimum absolute atomic E-state index is 0.137. The van der Waals surface area contributed by atoms with E-state index < -0.39 is 18.0 Å². The average Bonchev–Trinajstić information content (AvgIpc) is 2.76. The molecule has 9 nitrogen and oxygen atoms in total. The van der Waals surface area contributed by atoms with Crippen molar-refractivity contribution in [1.29, 1.82) is 0 Å². The van der Waals surface area contributed by atoms with E-state index >= 15 is 0 Å². The monoisotopic (exact) mass is 405 g/mol. The van der Waals surface area contributed by atoms with Crippen LogP contribution in [0.2, 0.25) is 0 Å². The molecular weight excluding hydrogens is 386 g/mol. The summed E-state index contributed by atoms with van der Waals surface area (Å²) < 4.78 is 6.34. The number of amides is 2. The first-order valence-corrected chi connectivity index (χ1v) is 9.43. The van der Waals surface area contributed by atoms with Gasteiger partial charge in [-0.2, -0.15) is 0 Å². The highest BCUT2D eigenvalue weighted by atomic mass is 16.5. The van der Waals surface area contributed by atoms with Crippen LogP contribution in [0.15, 0.2) is 70.7 Å². The van der Waals surface area contributed by atoms with Gasteiger partial charge in [-0.05, 0) is 24.6 Å². The van der Waals surface area contributed by atoms with Gasteiger partial charge in [-0.3, -0.25) is 4.79 Å². The molecule has 1 aliphatic rings. The molecule has 0 saturated heterocycles. The number of esters is 1. The van der Waals surface area contributed by atoms with Gasteiger partial charge < -0.3 is 15.4 Å². The molecule has 2 amide bonds. The van der Waals surface area contributed by atoms with Crippen molar-refractivity contribution in [3.8, 4) is 0 Å². The summed E-state index contributed by atoms with van der Waals surface area (Å²) in [6.07, 6.45) is 0. The van der Waals surface area contributed by atoms with Crippen molar-refractivity contribution in [3.05, 3.63) is 81.8 Å². The Morgan fingerprint density at radius 2 is 1.83 bits per heavy atom. The maximum Gasteiger partial charge on any atom is 0.338 e. The van der Waals surface area contributed by atoms with Crippen molar-refractivity contribution in [3.63, 3.8) is 0 Å². The van der Waals surface area contributed by atoms with Gasteiger partial charge in [0.25, 0.3) is 5.56 Å². The van der Waals surface area contributed by atoms with Crippen molar-refractivity contribution in [1.82, 2.24) is 25.6 Å².